The molecule has 2 N–H and O–H groups in total. The lowest BCUT2D eigenvalue weighted by Gasteiger charge is -2.32. The second kappa shape index (κ2) is 8.48. The highest BCUT2D eigenvalue weighted by Crippen LogP contribution is 2.19. The second-order valence-electron chi connectivity index (χ2n) is 7.34. The lowest BCUT2D eigenvalue weighted by molar-refractivity contribution is -0.127. The molecule has 0 spiro atoms. The number of hydrogen-bond acceptors (Lipinski definition) is 4. The minimum absolute atomic E-state index is 0.0355. The van der Waals surface area contributed by atoms with Crippen LogP contribution in [0.2, 0.25) is 0 Å². The fourth-order valence-electron chi connectivity index (χ4n) is 3.02. The topological polar surface area (TPSA) is 64.7 Å². The summed E-state index contributed by atoms with van der Waals surface area (Å²) < 4.78 is 0. The van der Waals surface area contributed by atoms with E-state index in [-0.39, 0.29) is 23.1 Å². The van der Waals surface area contributed by atoms with Gasteiger partial charge in [0.25, 0.3) is 0 Å². The Morgan fingerprint density at radius 3 is 2.32 bits per heavy atom. The first-order valence-electron chi connectivity index (χ1n) is 8.09. The summed E-state index contributed by atoms with van der Waals surface area (Å²) in [5.74, 6) is 0.274. The van der Waals surface area contributed by atoms with E-state index in [4.69, 9.17) is 0 Å². The van der Waals surface area contributed by atoms with Crippen LogP contribution in [0.4, 0.5) is 0 Å². The van der Waals surface area contributed by atoms with Crippen molar-refractivity contribution in [2.24, 2.45) is 11.3 Å². The minimum atomic E-state index is 0.0355. The summed E-state index contributed by atoms with van der Waals surface area (Å²) in [4.78, 5) is 27.9. The standard InChI is InChI=1S/C16H32N4O2/c1-16(2,12-19(4)5)11-18-15(22)13-6-8-20(9-7-13)10-14(21)17-3/h13H,6-12H2,1-5H3,(H,17,21)(H,18,22). The molecule has 6 heteroatoms. The van der Waals surface area contributed by atoms with Gasteiger partial charge in [-0.15, -0.1) is 0 Å². The van der Waals surface area contributed by atoms with Crippen molar-refractivity contribution in [1.29, 1.82) is 0 Å². The molecule has 0 aromatic heterocycles. The van der Waals surface area contributed by atoms with E-state index in [9.17, 15) is 9.59 Å². The van der Waals surface area contributed by atoms with Gasteiger partial charge < -0.3 is 15.5 Å². The van der Waals surface area contributed by atoms with Gasteiger partial charge in [0.2, 0.25) is 11.8 Å². The summed E-state index contributed by atoms with van der Waals surface area (Å²) in [6, 6.07) is 0. The number of carbonyl (C=O) groups excluding carboxylic acids is 2. The molecule has 1 heterocycles. The number of likely N-dealkylation sites (tertiary alicyclic amines) is 1. The summed E-state index contributed by atoms with van der Waals surface area (Å²) in [6.07, 6.45) is 1.66. The smallest absolute Gasteiger partial charge is 0.233 e. The predicted octanol–water partition coefficient (Wildman–Crippen LogP) is 0.148. The highest BCUT2D eigenvalue weighted by molar-refractivity contribution is 5.79. The van der Waals surface area contributed by atoms with Gasteiger partial charge in [-0.05, 0) is 45.4 Å². The van der Waals surface area contributed by atoms with E-state index in [2.05, 4.69) is 34.3 Å². The Kier molecular flexibility index (Phi) is 7.29. The van der Waals surface area contributed by atoms with E-state index in [1.165, 1.54) is 0 Å². The van der Waals surface area contributed by atoms with Crippen LogP contribution in [0.1, 0.15) is 26.7 Å². The molecule has 0 aliphatic carbocycles. The summed E-state index contributed by atoms with van der Waals surface area (Å²) in [7, 11) is 5.75. The maximum atomic E-state index is 12.3. The molecule has 0 unspecified atom stereocenters. The number of carbonyl (C=O) groups is 2. The van der Waals surface area contributed by atoms with Gasteiger partial charge in [0.15, 0.2) is 0 Å². The van der Waals surface area contributed by atoms with Crippen molar-refractivity contribution in [3.63, 3.8) is 0 Å². The van der Waals surface area contributed by atoms with Crippen molar-refractivity contribution in [3.05, 3.63) is 0 Å². The zero-order valence-electron chi connectivity index (χ0n) is 14.7. The Morgan fingerprint density at radius 1 is 1.23 bits per heavy atom. The first-order chi connectivity index (χ1) is 10.2. The molecule has 1 aliphatic rings. The summed E-state index contributed by atoms with van der Waals surface area (Å²) in [5, 5.41) is 5.74. The highest BCUT2D eigenvalue weighted by atomic mass is 16.2. The highest BCUT2D eigenvalue weighted by Gasteiger charge is 2.27. The Morgan fingerprint density at radius 2 is 1.82 bits per heavy atom. The maximum Gasteiger partial charge on any atom is 0.233 e. The third-order valence-electron chi connectivity index (χ3n) is 4.09. The van der Waals surface area contributed by atoms with Gasteiger partial charge in [0.05, 0.1) is 6.54 Å². The van der Waals surface area contributed by atoms with Crippen LogP contribution in [0.15, 0.2) is 0 Å². The number of nitrogens with zero attached hydrogens (tertiary/aromatic N) is 2. The Labute approximate surface area is 134 Å². The molecule has 0 saturated carbocycles. The van der Waals surface area contributed by atoms with Crippen LogP contribution in [0.5, 0.6) is 0 Å². The van der Waals surface area contributed by atoms with E-state index in [0.717, 1.165) is 32.5 Å². The first kappa shape index (κ1) is 18.9. The third kappa shape index (κ3) is 6.75. The van der Waals surface area contributed by atoms with Gasteiger partial charge in [-0.25, -0.2) is 0 Å². The van der Waals surface area contributed by atoms with E-state index in [1.54, 1.807) is 7.05 Å². The predicted molar refractivity (Wildman–Crippen MR) is 88.6 cm³/mol. The third-order valence-corrected chi connectivity index (χ3v) is 4.09. The quantitative estimate of drug-likeness (QED) is 0.702. The van der Waals surface area contributed by atoms with Gasteiger partial charge in [-0.1, -0.05) is 13.8 Å². The molecule has 1 rings (SSSR count). The molecule has 0 bridgehead atoms. The summed E-state index contributed by atoms with van der Waals surface area (Å²) >= 11 is 0. The molecule has 0 atom stereocenters. The Hall–Kier alpha value is -1.14. The van der Waals surface area contributed by atoms with Crippen molar-refractivity contribution in [2.75, 3.05) is 53.9 Å². The van der Waals surface area contributed by atoms with Gasteiger partial charge in [0.1, 0.15) is 0 Å². The SMILES string of the molecule is CNC(=O)CN1CCC(C(=O)NCC(C)(C)CN(C)C)CC1. The van der Waals surface area contributed by atoms with Crippen LogP contribution in [-0.4, -0.2) is 75.5 Å². The normalized spacial score (nSPS) is 17.5. The molecule has 2 amide bonds. The molecule has 1 fully saturated rings. The molecular formula is C16H32N4O2. The van der Waals surface area contributed by atoms with Crippen molar-refractivity contribution in [2.45, 2.75) is 26.7 Å². The van der Waals surface area contributed by atoms with Crippen molar-refractivity contribution in [3.8, 4) is 0 Å². The lowest BCUT2D eigenvalue weighted by Crippen LogP contribution is -2.46. The van der Waals surface area contributed by atoms with E-state index < -0.39 is 0 Å². The molecule has 1 aliphatic heterocycles. The molecule has 128 valence electrons. The monoisotopic (exact) mass is 312 g/mol. The van der Waals surface area contributed by atoms with Gasteiger partial charge in [-0.2, -0.15) is 0 Å². The molecular weight excluding hydrogens is 280 g/mol. The molecule has 6 nitrogen and oxygen atoms in total. The Balaban J connectivity index is 2.32. The molecule has 0 aromatic carbocycles. The van der Waals surface area contributed by atoms with Crippen LogP contribution in [-0.2, 0) is 9.59 Å². The minimum Gasteiger partial charge on any atom is -0.358 e. The summed E-state index contributed by atoms with van der Waals surface area (Å²) in [5.41, 5.74) is 0.0685. The number of nitrogens with one attached hydrogen (secondary N) is 2. The molecule has 0 aromatic rings. The largest absolute Gasteiger partial charge is 0.358 e. The number of rotatable bonds is 7. The van der Waals surface area contributed by atoms with Crippen molar-refractivity contribution < 1.29 is 9.59 Å². The molecule has 1 saturated heterocycles. The van der Waals surface area contributed by atoms with Crippen LogP contribution in [0.25, 0.3) is 0 Å². The lowest BCUT2D eigenvalue weighted by atomic mass is 9.91. The number of piperidine rings is 1. The average molecular weight is 312 g/mol. The van der Waals surface area contributed by atoms with Gasteiger partial charge in [0, 0.05) is 26.1 Å². The van der Waals surface area contributed by atoms with Gasteiger partial charge in [-0.3, -0.25) is 14.5 Å². The molecule has 0 radical (unpaired) electrons. The first-order valence-corrected chi connectivity index (χ1v) is 8.09. The number of amides is 2. The zero-order chi connectivity index (χ0) is 16.8. The van der Waals surface area contributed by atoms with Crippen LogP contribution >= 0.6 is 0 Å². The Bertz CT molecular complexity index is 374. The van der Waals surface area contributed by atoms with Crippen LogP contribution in [0, 0.1) is 11.3 Å². The van der Waals surface area contributed by atoms with Crippen LogP contribution < -0.4 is 10.6 Å². The van der Waals surface area contributed by atoms with E-state index in [1.807, 2.05) is 14.1 Å². The van der Waals surface area contributed by atoms with Crippen molar-refractivity contribution in [1.82, 2.24) is 20.4 Å². The number of likely N-dealkylation sites (N-methyl/N-ethyl adjacent to an activating group) is 1. The van der Waals surface area contributed by atoms with E-state index >= 15 is 0 Å². The van der Waals surface area contributed by atoms with Crippen molar-refractivity contribution >= 4 is 11.8 Å². The maximum absolute atomic E-state index is 12.3. The van der Waals surface area contributed by atoms with Crippen LogP contribution in [0.3, 0.4) is 0 Å². The summed E-state index contributed by atoms with van der Waals surface area (Å²) in [6.45, 7) is 8.03. The zero-order valence-corrected chi connectivity index (χ0v) is 14.7. The molecule has 22 heavy (non-hydrogen) atoms. The number of hydrogen-bond donors (Lipinski definition) is 2. The van der Waals surface area contributed by atoms with E-state index in [0.29, 0.717) is 13.1 Å². The van der Waals surface area contributed by atoms with Gasteiger partial charge >= 0.3 is 0 Å². The fraction of sp³-hybridized carbons (Fsp3) is 0.875. The average Bonchev–Trinajstić information content (AvgIpc) is 2.44. The fourth-order valence-corrected chi connectivity index (χ4v) is 3.02. The second-order valence-corrected chi connectivity index (χ2v) is 7.34.